The SMILES string of the molecule is C[C@H](c1ccccc1)N1C(=O)c2ccccc2N[C@H]1c1ccc2c(c1)OCCO2. The number of carbonyl (C=O) groups is 1. The first-order chi connectivity index (χ1) is 14.2. The van der Waals surface area contributed by atoms with Gasteiger partial charge in [-0.3, -0.25) is 4.79 Å². The molecule has 0 bridgehead atoms. The number of nitrogens with one attached hydrogen (secondary N) is 1. The Kier molecular flexibility index (Phi) is 4.35. The number of hydrogen-bond donors (Lipinski definition) is 1. The lowest BCUT2D eigenvalue weighted by Gasteiger charge is -2.42. The molecule has 0 saturated carbocycles. The van der Waals surface area contributed by atoms with E-state index in [1.807, 2.05) is 65.6 Å². The third kappa shape index (κ3) is 3.09. The number of anilines is 1. The van der Waals surface area contributed by atoms with Crippen molar-refractivity contribution in [2.24, 2.45) is 0 Å². The Labute approximate surface area is 169 Å². The second kappa shape index (κ2) is 7.17. The summed E-state index contributed by atoms with van der Waals surface area (Å²) in [5, 5.41) is 3.56. The number of para-hydroxylation sites is 1. The van der Waals surface area contributed by atoms with Gasteiger partial charge in [0, 0.05) is 5.69 Å². The topological polar surface area (TPSA) is 50.8 Å². The van der Waals surface area contributed by atoms with Gasteiger partial charge >= 0.3 is 0 Å². The Hall–Kier alpha value is -3.47. The van der Waals surface area contributed by atoms with Crippen LogP contribution < -0.4 is 14.8 Å². The number of fused-ring (bicyclic) bond motifs is 2. The molecule has 29 heavy (non-hydrogen) atoms. The van der Waals surface area contributed by atoms with Gasteiger partial charge in [0.1, 0.15) is 19.4 Å². The minimum Gasteiger partial charge on any atom is -0.486 e. The van der Waals surface area contributed by atoms with Gasteiger partial charge in [0.15, 0.2) is 11.5 Å². The van der Waals surface area contributed by atoms with Crippen LogP contribution in [0.4, 0.5) is 5.69 Å². The van der Waals surface area contributed by atoms with Crippen LogP contribution in [0, 0.1) is 0 Å². The molecule has 0 radical (unpaired) electrons. The van der Waals surface area contributed by atoms with Gasteiger partial charge < -0.3 is 19.7 Å². The van der Waals surface area contributed by atoms with Crippen LogP contribution in [0.2, 0.25) is 0 Å². The highest BCUT2D eigenvalue weighted by atomic mass is 16.6. The zero-order chi connectivity index (χ0) is 19.8. The summed E-state index contributed by atoms with van der Waals surface area (Å²) >= 11 is 0. The van der Waals surface area contributed by atoms with E-state index in [4.69, 9.17) is 9.47 Å². The zero-order valence-corrected chi connectivity index (χ0v) is 16.2. The average Bonchev–Trinajstić information content (AvgIpc) is 2.79. The lowest BCUT2D eigenvalue weighted by Crippen LogP contribution is -2.44. The molecule has 5 rings (SSSR count). The normalized spacial score (nSPS) is 18.6. The zero-order valence-electron chi connectivity index (χ0n) is 16.2. The molecule has 0 spiro atoms. The predicted octanol–water partition coefficient (Wildman–Crippen LogP) is 4.79. The number of rotatable bonds is 3. The number of carbonyl (C=O) groups excluding carboxylic acids is 1. The third-order valence-electron chi connectivity index (χ3n) is 5.54. The van der Waals surface area contributed by atoms with E-state index in [-0.39, 0.29) is 18.1 Å². The minimum absolute atomic E-state index is 0.00981. The van der Waals surface area contributed by atoms with E-state index in [9.17, 15) is 4.79 Å². The van der Waals surface area contributed by atoms with Gasteiger partial charge in [-0.05, 0) is 42.3 Å². The number of benzene rings is 3. The lowest BCUT2D eigenvalue weighted by atomic mass is 9.98. The van der Waals surface area contributed by atoms with Gasteiger partial charge in [-0.25, -0.2) is 0 Å². The van der Waals surface area contributed by atoms with E-state index >= 15 is 0 Å². The van der Waals surface area contributed by atoms with Crippen LogP contribution in [0.3, 0.4) is 0 Å². The molecule has 2 heterocycles. The minimum atomic E-state index is -0.316. The van der Waals surface area contributed by atoms with Crippen LogP contribution >= 0.6 is 0 Å². The molecule has 1 amide bonds. The quantitative estimate of drug-likeness (QED) is 0.703. The van der Waals surface area contributed by atoms with Gasteiger partial charge in [0.25, 0.3) is 5.91 Å². The van der Waals surface area contributed by atoms with E-state index in [0.29, 0.717) is 24.5 Å². The van der Waals surface area contributed by atoms with E-state index < -0.39 is 0 Å². The van der Waals surface area contributed by atoms with Crippen molar-refractivity contribution >= 4 is 11.6 Å². The fourth-order valence-electron chi connectivity index (χ4n) is 4.03. The van der Waals surface area contributed by atoms with Crippen LogP contribution in [0.15, 0.2) is 72.8 Å². The first-order valence-electron chi connectivity index (χ1n) is 9.85. The number of hydrogen-bond acceptors (Lipinski definition) is 4. The van der Waals surface area contributed by atoms with Crippen LogP contribution in [-0.4, -0.2) is 24.0 Å². The summed E-state index contributed by atoms with van der Waals surface area (Å²) in [5.41, 5.74) is 3.57. The number of ether oxygens (including phenoxy) is 2. The summed E-state index contributed by atoms with van der Waals surface area (Å²) in [6.45, 7) is 3.14. The van der Waals surface area contributed by atoms with E-state index in [2.05, 4.69) is 24.4 Å². The largest absolute Gasteiger partial charge is 0.486 e. The van der Waals surface area contributed by atoms with Gasteiger partial charge in [0.2, 0.25) is 0 Å². The van der Waals surface area contributed by atoms with Gasteiger partial charge in [-0.15, -0.1) is 0 Å². The highest BCUT2D eigenvalue weighted by molar-refractivity contribution is 6.02. The van der Waals surface area contributed by atoms with Crippen LogP contribution in [0.1, 0.15) is 40.6 Å². The summed E-state index contributed by atoms with van der Waals surface area (Å²) in [4.78, 5) is 15.4. The summed E-state index contributed by atoms with van der Waals surface area (Å²) in [5.74, 6) is 1.47. The summed E-state index contributed by atoms with van der Waals surface area (Å²) in [6.07, 6.45) is -0.316. The van der Waals surface area contributed by atoms with Gasteiger partial charge in [0.05, 0.1) is 11.6 Å². The van der Waals surface area contributed by atoms with Gasteiger partial charge in [-0.2, -0.15) is 0 Å². The average molecular weight is 386 g/mol. The molecular weight excluding hydrogens is 364 g/mol. The van der Waals surface area contributed by atoms with Crippen molar-refractivity contribution in [3.05, 3.63) is 89.5 Å². The van der Waals surface area contributed by atoms with E-state index in [1.54, 1.807) is 0 Å². The molecule has 1 N–H and O–H groups in total. The van der Waals surface area contributed by atoms with Gasteiger partial charge in [-0.1, -0.05) is 48.5 Å². The molecular formula is C24H22N2O3. The Morgan fingerprint density at radius 2 is 1.66 bits per heavy atom. The summed E-state index contributed by atoms with van der Waals surface area (Å²) in [6, 6.07) is 23.5. The third-order valence-corrected chi connectivity index (χ3v) is 5.54. The molecule has 0 aromatic heterocycles. The second-order valence-corrected chi connectivity index (χ2v) is 7.29. The van der Waals surface area contributed by atoms with Crippen LogP contribution in [-0.2, 0) is 0 Å². The van der Waals surface area contributed by atoms with Crippen molar-refractivity contribution in [1.29, 1.82) is 0 Å². The molecule has 2 aliphatic rings. The second-order valence-electron chi connectivity index (χ2n) is 7.29. The number of nitrogens with zero attached hydrogens (tertiary/aromatic N) is 1. The highest BCUT2D eigenvalue weighted by Gasteiger charge is 2.36. The van der Waals surface area contributed by atoms with E-state index in [0.717, 1.165) is 22.6 Å². The molecule has 0 saturated heterocycles. The molecule has 0 unspecified atom stereocenters. The Bertz CT molecular complexity index is 1050. The van der Waals surface area contributed by atoms with Crippen LogP contribution in [0.5, 0.6) is 11.5 Å². The smallest absolute Gasteiger partial charge is 0.258 e. The monoisotopic (exact) mass is 386 g/mol. The highest BCUT2D eigenvalue weighted by Crippen LogP contribution is 2.41. The van der Waals surface area contributed by atoms with E-state index in [1.165, 1.54) is 0 Å². The first-order valence-corrected chi connectivity index (χ1v) is 9.85. The molecule has 5 heteroatoms. The molecule has 5 nitrogen and oxygen atoms in total. The molecule has 0 fully saturated rings. The number of amides is 1. The summed E-state index contributed by atoms with van der Waals surface area (Å²) in [7, 11) is 0. The fraction of sp³-hybridized carbons (Fsp3) is 0.208. The van der Waals surface area contributed by atoms with Crippen molar-refractivity contribution in [3.63, 3.8) is 0 Å². The van der Waals surface area contributed by atoms with Crippen molar-refractivity contribution < 1.29 is 14.3 Å². The van der Waals surface area contributed by atoms with Crippen molar-refractivity contribution in [3.8, 4) is 11.5 Å². The predicted molar refractivity (Wildman–Crippen MR) is 111 cm³/mol. The Morgan fingerprint density at radius 1 is 0.931 bits per heavy atom. The standard InChI is InChI=1S/C24H22N2O3/c1-16(17-7-3-2-4-8-17)26-23(25-20-10-6-5-9-19(20)24(26)27)18-11-12-21-22(15-18)29-14-13-28-21/h2-12,15-16,23,25H,13-14H2,1H3/t16-,23-/m1/s1. The molecule has 2 aliphatic heterocycles. The summed E-state index contributed by atoms with van der Waals surface area (Å²) < 4.78 is 11.4. The van der Waals surface area contributed by atoms with Crippen molar-refractivity contribution in [1.82, 2.24) is 4.90 Å². The first kappa shape index (κ1) is 17.6. The molecule has 3 aromatic rings. The maximum Gasteiger partial charge on any atom is 0.258 e. The molecule has 3 aromatic carbocycles. The Morgan fingerprint density at radius 3 is 2.48 bits per heavy atom. The maximum absolute atomic E-state index is 13.5. The molecule has 2 atom stereocenters. The van der Waals surface area contributed by atoms with Crippen molar-refractivity contribution in [2.45, 2.75) is 19.1 Å². The fourth-order valence-corrected chi connectivity index (χ4v) is 4.03. The Balaban J connectivity index is 1.60. The molecule has 146 valence electrons. The maximum atomic E-state index is 13.5. The van der Waals surface area contributed by atoms with Crippen LogP contribution in [0.25, 0.3) is 0 Å². The molecule has 0 aliphatic carbocycles. The lowest BCUT2D eigenvalue weighted by molar-refractivity contribution is 0.0595. The van der Waals surface area contributed by atoms with Crippen molar-refractivity contribution in [2.75, 3.05) is 18.5 Å².